The van der Waals surface area contributed by atoms with Gasteiger partial charge in [-0.05, 0) is 53.0 Å². The van der Waals surface area contributed by atoms with Crippen molar-refractivity contribution < 1.29 is 9.90 Å². The molecule has 2 unspecified atom stereocenters. The first kappa shape index (κ1) is 21.1. The Bertz CT molecular complexity index is 944. The summed E-state index contributed by atoms with van der Waals surface area (Å²) < 4.78 is 0. The second-order valence-electron chi connectivity index (χ2n) is 7.52. The Balaban J connectivity index is 0.00000240. The van der Waals surface area contributed by atoms with Gasteiger partial charge in [0.1, 0.15) is 0 Å². The van der Waals surface area contributed by atoms with E-state index in [1.54, 1.807) is 0 Å². The fraction of sp³-hybridized carbons (Fsp3) is 0.240. The lowest BCUT2D eigenvalue weighted by Gasteiger charge is -2.32. The molecule has 0 fully saturated rings. The van der Waals surface area contributed by atoms with Crippen LogP contribution in [-0.4, -0.2) is 17.6 Å². The smallest absolute Gasteiger partial charge is 0.317 e. The van der Waals surface area contributed by atoms with Crippen molar-refractivity contribution in [1.82, 2.24) is 5.32 Å². The standard InChI is InChI=1S/C25H25NO2.ClH/c27-24(28)17-26-25(19-9-5-2-6-10-19)23-14-13-21-15-20(11-12-22(21)16-23)18-7-3-1-4-8-18;/h1-12,15,23,25-26H,13-14,16-17H2,(H,27,28);1H. The van der Waals surface area contributed by atoms with Crippen molar-refractivity contribution >= 4 is 18.4 Å². The third kappa shape index (κ3) is 5.06. The van der Waals surface area contributed by atoms with Gasteiger partial charge in [0.05, 0.1) is 6.54 Å². The van der Waals surface area contributed by atoms with E-state index in [-0.39, 0.29) is 25.0 Å². The first-order valence-corrected chi connectivity index (χ1v) is 9.88. The number of rotatable bonds is 6. The normalized spacial score (nSPS) is 16.3. The summed E-state index contributed by atoms with van der Waals surface area (Å²) in [4.78, 5) is 11.1. The summed E-state index contributed by atoms with van der Waals surface area (Å²) in [6, 6.07) is 27.5. The van der Waals surface area contributed by atoms with Crippen LogP contribution in [0.1, 0.15) is 29.2 Å². The summed E-state index contributed by atoms with van der Waals surface area (Å²) >= 11 is 0. The number of aliphatic carboxylic acids is 1. The number of nitrogens with one attached hydrogen (secondary N) is 1. The van der Waals surface area contributed by atoms with Crippen molar-refractivity contribution in [1.29, 1.82) is 0 Å². The van der Waals surface area contributed by atoms with Crippen LogP contribution < -0.4 is 5.32 Å². The molecule has 2 atom stereocenters. The average Bonchev–Trinajstić information content (AvgIpc) is 2.74. The van der Waals surface area contributed by atoms with Gasteiger partial charge < -0.3 is 5.11 Å². The Morgan fingerprint density at radius 2 is 1.62 bits per heavy atom. The predicted octanol–water partition coefficient (Wildman–Crippen LogP) is 5.30. The molecule has 3 nitrogen and oxygen atoms in total. The number of carboxylic acid groups (broad SMARTS) is 1. The zero-order chi connectivity index (χ0) is 19.3. The van der Waals surface area contributed by atoms with Gasteiger partial charge in [-0.1, -0.05) is 78.9 Å². The molecule has 150 valence electrons. The summed E-state index contributed by atoms with van der Waals surface area (Å²) in [5.41, 5.74) is 6.48. The van der Waals surface area contributed by atoms with Crippen molar-refractivity contribution in [3.63, 3.8) is 0 Å². The van der Waals surface area contributed by atoms with E-state index in [1.807, 2.05) is 24.3 Å². The minimum atomic E-state index is -0.815. The number of hydrogen-bond acceptors (Lipinski definition) is 2. The maximum Gasteiger partial charge on any atom is 0.317 e. The summed E-state index contributed by atoms with van der Waals surface area (Å²) in [5.74, 6) is -0.429. The highest BCUT2D eigenvalue weighted by Gasteiger charge is 2.27. The molecular formula is C25H26ClNO2. The van der Waals surface area contributed by atoms with Crippen molar-refractivity contribution in [2.45, 2.75) is 25.3 Å². The highest BCUT2D eigenvalue weighted by Crippen LogP contribution is 2.36. The summed E-state index contributed by atoms with van der Waals surface area (Å²) in [6.07, 6.45) is 3.05. The Kier molecular flexibility index (Phi) is 7.08. The van der Waals surface area contributed by atoms with Crippen molar-refractivity contribution in [2.75, 3.05) is 6.54 Å². The first-order chi connectivity index (χ1) is 13.7. The third-order valence-corrected chi connectivity index (χ3v) is 5.68. The maximum absolute atomic E-state index is 11.1. The number of carboxylic acids is 1. The molecule has 1 aliphatic rings. The number of hydrogen-bond donors (Lipinski definition) is 2. The lowest BCUT2D eigenvalue weighted by atomic mass is 9.77. The van der Waals surface area contributed by atoms with E-state index in [2.05, 4.69) is 59.9 Å². The maximum atomic E-state index is 11.1. The van der Waals surface area contributed by atoms with Gasteiger partial charge in [-0.2, -0.15) is 0 Å². The van der Waals surface area contributed by atoms with Gasteiger partial charge in [0.2, 0.25) is 0 Å². The van der Waals surface area contributed by atoms with Gasteiger partial charge in [0.25, 0.3) is 0 Å². The van der Waals surface area contributed by atoms with Crippen LogP contribution in [0.3, 0.4) is 0 Å². The third-order valence-electron chi connectivity index (χ3n) is 5.68. The Labute approximate surface area is 178 Å². The minimum Gasteiger partial charge on any atom is -0.480 e. The van der Waals surface area contributed by atoms with Gasteiger partial charge in [-0.3, -0.25) is 10.1 Å². The van der Waals surface area contributed by atoms with Crippen LogP contribution in [0.4, 0.5) is 0 Å². The van der Waals surface area contributed by atoms with Crippen molar-refractivity contribution in [3.8, 4) is 11.1 Å². The van der Waals surface area contributed by atoms with Gasteiger partial charge in [-0.25, -0.2) is 0 Å². The number of carbonyl (C=O) groups is 1. The molecule has 4 rings (SSSR count). The fourth-order valence-electron chi connectivity index (χ4n) is 4.29. The quantitative estimate of drug-likeness (QED) is 0.583. The molecule has 0 heterocycles. The van der Waals surface area contributed by atoms with Crippen LogP contribution >= 0.6 is 12.4 Å². The zero-order valence-corrected chi connectivity index (χ0v) is 17.1. The van der Waals surface area contributed by atoms with E-state index >= 15 is 0 Å². The molecule has 0 aliphatic heterocycles. The van der Waals surface area contributed by atoms with Crippen LogP contribution in [0.15, 0.2) is 78.9 Å². The van der Waals surface area contributed by atoms with Gasteiger partial charge >= 0.3 is 5.97 Å². The molecule has 0 bridgehead atoms. The van der Waals surface area contributed by atoms with Crippen LogP contribution in [0, 0.1) is 5.92 Å². The van der Waals surface area contributed by atoms with Gasteiger partial charge in [-0.15, -0.1) is 12.4 Å². The molecule has 0 saturated carbocycles. The van der Waals surface area contributed by atoms with Gasteiger partial charge in [0.15, 0.2) is 0 Å². The summed E-state index contributed by atoms with van der Waals surface area (Å²) in [5, 5.41) is 12.4. The Hall–Kier alpha value is -2.62. The predicted molar refractivity (Wildman–Crippen MR) is 119 cm³/mol. The molecule has 0 radical (unpaired) electrons. The lowest BCUT2D eigenvalue weighted by Crippen LogP contribution is -2.35. The fourth-order valence-corrected chi connectivity index (χ4v) is 4.29. The van der Waals surface area contributed by atoms with Crippen LogP contribution in [0.2, 0.25) is 0 Å². The molecule has 3 aromatic rings. The summed E-state index contributed by atoms with van der Waals surface area (Å²) in [7, 11) is 0. The van der Waals surface area contributed by atoms with Crippen molar-refractivity contribution in [2.24, 2.45) is 5.92 Å². The van der Waals surface area contributed by atoms with E-state index in [4.69, 9.17) is 5.11 Å². The molecule has 1 aliphatic carbocycles. The molecule has 29 heavy (non-hydrogen) atoms. The highest BCUT2D eigenvalue weighted by molar-refractivity contribution is 5.85. The monoisotopic (exact) mass is 407 g/mol. The number of halogens is 1. The first-order valence-electron chi connectivity index (χ1n) is 9.88. The van der Waals surface area contributed by atoms with Crippen LogP contribution in [0.5, 0.6) is 0 Å². The minimum absolute atomic E-state index is 0. The Morgan fingerprint density at radius 3 is 2.31 bits per heavy atom. The molecule has 0 spiro atoms. The molecule has 0 aromatic heterocycles. The lowest BCUT2D eigenvalue weighted by molar-refractivity contribution is -0.136. The molecular weight excluding hydrogens is 382 g/mol. The van der Waals surface area contributed by atoms with Crippen molar-refractivity contribution in [3.05, 3.63) is 95.6 Å². The van der Waals surface area contributed by atoms with E-state index in [1.165, 1.54) is 22.3 Å². The van der Waals surface area contributed by atoms with E-state index < -0.39 is 5.97 Å². The van der Waals surface area contributed by atoms with Crippen LogP contribution in [-0.2, 0) is 17.6 Å². The highest BCUT2D eigenvalue weighted by atomic mass is 35.5. The second kappa shape index (κ2) is 9.73. The Morgan fingerprint density at radius 1 is 0.931 bits per heavy atom. The summed E-state index contributed by atoms with van der Waals surface area (Å²) in [6.45, 7) is -0.0180. The van der Waals surface area contributed by atoms with Crippen LogP contribution in [0.25, 0.3) is 11.1 Å². The van der Waals surface area contributed by atoms with E-state index in [0.717, 1.165) is 24.8 Å². The number of aryl methyl sites for hydroxylation is 1. The van der Waals surface area contributed by atoms with E-state index in [9.17, 15) is 4.79 Å². The number of benzene rings is 3. The second-order valence-corrected chi connectivity index (χ2v) is 7.52. The zero-order valence-electron chi connectivity index (χ0n) is 16.3. The molecule has 3 aromatic carbocycles. The average molecular weight is 408 g/mol. The molecule has 0 saturated heterocycles. The topological polar surface area (TPSA) is 49.3 Å². The molecule has 2 N–H and O–H groups in total. The SMILES string of the molecule is Cl.O=C(O)CNC(c1ccccc1)C1CCc2cc(-c3ccccc3)ccc2C1. The largest absolute Gasteiger partial charge is 0.480 e. The molecule has 4 heteroatoms. The van der Waals surface area contributed by atoms with E-state index in [0.29, 0.717) is 5.92 Å². The molecule has 0 amide bonds. The van der Waals surface area contributed by atoms with Gasteiger partial charge in [0, 0.05) is 6.04 Å². The number of fused-ring (bicyclic) bond motifs is 1.